The summed E-state index contributed by atoms with van der Waals surface area (Å²) >= 11 is 0. The average molecular weight is 215 g/mol. The zero-order valence-electron chi connectivity index (χ0n) is 11.1. The zero-order valence-corrected chi connectivity index (χ0v) is 11.1. The fourth-order valence-electron chi connectivity index (χ4n) is 1.30. The number of hydrogen-bond acceptors (Lipinski definition) is 3. The van der Waals surface area contributed by atoms with Gasteiger partial charge in [-0.05, 0) is 20.3 Å². The monoisotopic (exact) mass is 215 g/mol. The number of nitrogens with two attached hydrogens (primary N) is 1. The Morgan fingerprint density at radius 2 is 1.87 bits per heavy atom. The molecule has 0 bridgehead atoms. The van der Waals surface area contributed by atoms with Crippen LogP contribution in [0.4, 0.5) is 0 Å². The minimum absolute atomic E-state index is 0.134. The lowest BCUT2D eigenvalue weighted by molar-refractivity contribution is -0.0640. The maximum absolute atomic E-state index is 6.02. The Morgan fingerprint density at radius 1 is 1.33 bits per heavy atom. The van der Waals surface area contributed by atoms with Crippen LogP contribution < -0.4 is 5.73 Å². The molecule has 2 unspecified atom stereocenters. The number of rotatable bonds is 7. The Bertz CT molecular complexity index is 178. The van der Waals surface area contributed by atoms with Crippen LogP contribution in [0, 0.1) is 0 Å². The molecule has 0 radical (unpaired) electrons. The third-order valence-electron chi connectivity index (χ3n) is 2.38. The van der Waals surface area contributed by atoms with E-state index in [0.29, 0.717) is 18.3 Å². The summed E-state index contributed by atoms with van der Waals surface area (Å²) in [5, 5.41) is 0.295. The van der Waals surface area contributed by atoms with Crippen molar-refractivity contribution in [2.45, 2.75) is 57.7 Å². The lowest BCUT2D eigenvalue weighted by Gasteiger charge is -2.29. The van der Waals surface area contributed by atoms with E-state index in [1.54, 1.807) is 7.11 Å². The molecule has 0 saturated heterocycles. The van der Waals surface area contributed by atoms with E-state index < -0.39 is 5.72 Å². The second kappa shape index (κ2) is 5.87. The molecule has 0 heterocycles. The first-order chi connectivity index (χ1) is 6.66. The average Bonchev–Trinajstić information content (AvgIpc) is 2.00. The third kappa shape index (κ3) is 8.91. The Hall–Kier alpha value is -0.0551. The quantitative estimate of drug-likeness (QED) is 0.514. The highest BCUT2D eigenvalue weighted by Gasteiger charge is 2.23. The van der Waals surface area contributed by atoms with E-state index >= 15 is 0 Å². The molecule has 0 saturated carbocycles. The Labute approximate surface area is 95.1 Å². The second-order valence-corrected chi connectivity index (χ2v) is 5.72. The van der Waals surface area contributed by atoms with Crippen molar-refractivity contribution in [3.8, 4) is 0 Å². The predicted molar refractivity (Wildman–Crippen MR) is 66.8 cm³/mol. The van der Waals surface area contributed by atoms with E-state index in [4.69, 9.17) is 15.2 Å². The molecular formula is C11H26BNO2. The molecule has 0 aromatic carbocycles. The van der Waals surface area contributed by atoms with Gasteiger partial charge in [-0.1, -0.05) is 19.2 Å². The summed E-state index contributed by atoms with van der Waals surface area (Å²) in [5.74, 6) is 0. The fourth-order valence-corrected chi connectivity index (χ4v) is 1.30. The second-order valence-electron chi connectivity index (χ2n) is 5.72. The number of ether oxygens (including phenoxy) is 2. The van der Waals surface area contributed by atoms with E-state index in [1.807, 2.05) is 13.8 Å². The molecule has 0 aromatic rings. The van der Waals surface area contributed by atoms with Crippen molar-refractivity contribution >= 4 is 7.85 Å². The first kappa shape index (κ1) is 14.9. The molecule has 0 aliphatic rings. The highest BCUT2D eigenvalue weighted by Crippen LogP contribution is 2.24. The predicted octanol–water partition coefficient (Wildman–Crippen LogP) is 1.32. The Kier molecular flexibility index (Phi) is 5.85. The normalized spacial score (nSPS) is 18.5. The van der Waals surface area contributed by atoms with Crippen molar-refractivity contribution in [3.05, 3.63) is 0 Å². The van der Waals surface area contributed by atoms with E-state index in [2.05, 4.69) is 21.7 Å². The molecule has 4 heteroatoms. The van der Waals surface area contributed by atoms with Crippen LogP contribution in [0.3, 0.4) is 0 Å². The van der Waals surface area contributed by atoms with Crippen molar-refractivity contribution in [3.63, 3.8) is 0 Å². The van der Waals surface area contributed by atoms with E-state index in [9.17, 15) is 0 Å². The molecule has 15 heavy (non-hydrogen) atoms. The lowest BCUT2D eigenvalue weighted by atomic mass is 9.70. The van der Waals surface area contributed by atoms with Crippen LogP contribution >= 0.6 is 0 Å². The van der Waals surface area contributed by atoms with Crippen LogP contribution in [-0.2, 0) is 9.47 Å². The fraction of sp³-hybridized carbons (Fsp3) is 1.00. The van der Waals surface area contributed by atoms with Gasteiger partial charge in [0.05, 0.1) is 6.10 Å². The van der Waals surface area contributed by atoms with Crippen molar-refractivity contribution in [2.24, 2.45) is 5.73 Å². The van der Waals surface area contributed by atoms with Gasteiger partial charge in [0.15, 0.2) is 0 Å². The van der Waals surface area contributed by atoms with E-state index in [1.165, 1.54) is 0 Å². The number of hydrogen-bond donors (Lipinski definition) is 1. The summed E-state index contributed by atoms with van der Waals surface area (Å²) in [6.45, 7) is 9.00. The molecule has 0 fully saturated rings. The van der Waals surface area contributed by atoms with Gasteiger partial charge >= 0.3 is 0 Å². The van der Waals surface area contributed by atoms with E-state index in [0.717, 1.165) is 6.42 Å². The largest absolute Gasteiger partial charge is 0.382 e. The smallest absolute Gasteiger partial charge is 0.116 e. The van der Waals surface area contributed by atoms with Gasteiger partial charge in [-0.2, -0.15) is 0 Å². The number of methoxy groups -OCH3 is 1. The zero-order chi connectivity index (χ0) is 12.1. The van der Waals surface area contributed by atoms with Crippen LogP contribution in [0.2, 0.25) is 5.31 Å². The molecule has 3 nitrogen and oxygen atoms in total. The van der Waals surface area contributed by atoms with Crippen molar-refractivity contribution in [1.82, 2.24) is 0 Å². The highest BCUT2D eigenvalue weighted by atomic mass is 16.5. The molecule has 0 amide bonds. The van der Waals surface area contributed by atoms with E-state index in [-0.39, 0.29) is 6.10 Å². The van der Waals surface area contributed by atoms with Gasteiger partial charge in [0.2, 0.25) is 0 Å². The van der Waals surface area contributed by atoms with Crippen molar-refractivity contribution in [2.75, 3.05) is 13.7 Å². The summed E-state index contributed by atoms with van der Waals surface area (Å²) < 4.78 is 10.8. The summed E-state index contributed by atoms with van der Waals surface area (Å²) in [7, 11) is 3.89. The third-order valence-corrected chi connectivity index (χ3v) is 2.38. The summed E-state index contributed by atoms with van der Waals surface area (Å²) in [5.41, 5.74) is 5.44. The summed E-state index contributed by atoms with van der Waals surface area (Å²) in [6.07, 6.45) is 1.86. The van der Waals surface area contributed by atoms with Crippen LogP contribution in [0.15, 0.2) is 0 Å². The lowest BCUT2D eigenvalue weighted by Crippen LogP contribution is -2.42. The first-order valence-corrected chi connectivity index (χ1v) is 5.62. The standard InChI is InChI=1S/C11H26BNO2/c1-9(14-5)8-11(4,13)15-7-6-10(2,3)12/h9H,6-8,12-13H2,1-5H3. The maximum atomic E-state index is 6.02. The van der Waals surface area contributed by atoms with Crippen molar-refractivity contribution < 1.29 is 9.47 Å². The molecule has 0 spiro atoms. The first-order valence-electron chi connectivity index (χ1n) is 5.62. The highest BCUT2D eigenvalue weighted by molar-refractivity contribution is 6.14. The van der Waals surface area contributed by atoms with Crippen LogP contribution in [0.5, 0.6) is 0 Å². The molecule has 0 aromatic heterocycles. The van der Waals surface area contributed by atoms with Gasteiger partial charge in [-0.3, -0.25) is 0 Å². The Balaban J connectivity index is 3.84. The van der Waals surface area contributed by atoms with Gasteiger partial charge < -0.3 is 15.2 Å². The molecular weight excluding hydrogens is 189 g/mol. The molecule has 0 rings (SSSR count). The minimum Gasteiger partial charge on any atom is -0.382 e. The van der Waals surface area contributed by atoms with Gasteiger partial charge in [-0.25, -0.2) is 0 Å². The molecule has 2 N–H and O–H groups in total. The molecule has 2 atom stereocenters. The SMILES string of the molecule is BC(C)(C)CCOC(C)(N)CC(C)OC. The molecule has 0 aliphatic heterocycles. The summed E-state index contributed by atoms with van der Waals surface area (Å²) in [6, 6.07) is 0. The van der Waals surface area contributed by atoms with Crippen LogP contribution in [0.25, 0.3) is 0 Å². The van der Waals surface area contributed by atoms with Gasteiger partial charge in [0.1, 0.15) is 13.6 Å². The molecule has 90 valence electrons. The van der Waals surface area contributed by atoms with Gasteiger partial charge in [-0.15, -0.1) is 0 Å². The van der Waals surface area contributed by atoms with Crippen LogP contribution in [0.1, 0.15) is 40.5 Å². The van der Waals surface area contributed by atoms with Crippen LogP contribution in [-0.4, -0.2) is 33.4 Å². The topological polar surface area (TPSA) is 44.5 Å². The maximum Gasteiger partial charge on any atom is 0.116 e. The van der Waals surface area contributed by atoms with Gasteiger partial charge in [0, 0.05) is 20.1 Å². The van der Waals surface area contributed by atoms with Gasteiger partial charge in [0.25, 0.3) is 0 Å². The summed E-state index contributed by atoms with van der Waals surface area (Å²) in [4.78, 5) is 0. The Morgan fingerprint density at radius 3 is 2.27 bits per heavy atom. The minimum atomic E-state index is -0.583. The van der Waals surface area contributed by atoms with Crippen molar-refractivity contribution in [1.29, 1.82) is 0 Å². The molecule has 0 aliphatic carbocycles.